The summed E-state index contributed by atoms with van der Waals surface area (Å²) in [7, 11) is 0. The first-order valence-corrected chi connectivity index (χ1v) is 10.2. The maximum atomic E-state index is 5.86. The number of rotatable bonds is 0. The fourth-order valence-corrected chi connectivity index (χ4v) is 8.68. The van der Waals surface area contributed by atoms with Crippen LogP contribution in [0, 0.1) is 0 Å². The Hall–Kier alpha value is 3.66. The number of hydrogen-bond donors (Lipinski definition) is 0. The Morgan fingerprint density at radius 2 is 0.611 bits per heavy atom. The van der Waals surface area contributed by atoms with Gasteiger partial charge in [0.1, 0.15) is 0 Å². The van der Waals surface area contributed by atoms with Crippen LogP contribution in [0.5, 0.6) is 0 Å². The Balaban J connectivity index is 2.93. The molecule has 1 saturated heterocycles. The van der Waals surface area contributed by atoms with Gasteiger partial charge in [-0.1, -0.05) is 104 Å². The quantitative estimate of drug-likeness (QED) is 0.328. The first-order chi connectivity index (χ1) is 7.82. The Kier molecular flexibility index (Phi) is 7.72. The summed E-state index contributed by atoms with van der Waals surface area (Å²) in [6.07, 6.45) is 0. The third kappa shape index (κ3) is 6.04. The molecule has 0 atom stereocenters. The van der Waals surface area contributed by atoms with Gasteiger partial charge in [-0.25, -0.2) is 0 Å². The SMILES string of the molecule is ClC(Cl)(Cl)C1SC(C(Cl)(Cl)Cl)SC(C(Cl)(Cl)Cl)S1. The normalized spacial score (nSPS) is 31.5. The molecule has 1 fully saturated rings. The molecule has 1 aliphatic heterocycles. The van der Waals surface area contributed by atoms with Crippen molar-refractivity contribution in [1.82, 2.24) is 0 Å². The van der Waals surface area contributed by atoms with E-state index in [1.165, 1.54) is 35.3 Å². The zero-order valence-corrected chi connectivity index (χ0v) is 17.1. The van der Waals surface area contributed by atoms with Crippen molar-refractivity contribution in [3.05, 3.63) is 0 Å². The number of halogens is 9. The highest BCUT2D eigenvalue weighted by molar-refractivity contribution is 8.34. The summed E-state index contributed by atoms with van der Waals surface area (Å²) in [6.45, 7) is 0. The van der Waals surface area contributed by atoms with Gasteiger partial charge in [-0.15, -0.1) is 35.3 Å². The van der Waals surface area contributed by atoms with Crippen LogP contribution in [0.25, 0.3) is 0 Å². The highest BCUT2D eigenvalue weighted by atomic mass is 35.6. The van der Waals surface area contributed by atoms with Gasteiger partial charge in [0.15, 0.2) is 0 Å². The largest absolute Gasteiger partial charge is 0.211 e. The van der Waals surface area contributed by atoms with E-state index in [-0.39, 0.29) is 0 Å². The molecule has 12 heteroatoms. The van der Waals surface area contributed by atoms with Crippen molar-refractivity contribution in [3.8, 4) is 0 Å². The summed E-state index contributed by atoms with van der Waals surface area (Å²) in [5.41, 5.74) is 0. The van der Waals surface area contributed by atoms with Crippen LogP contribution in [0.1, 0.15) is 0 Å². The van der Waals surface area contributed by atoms with E-state index in [4.69, 9.17) is 104 Å². The second-order valence-electron chi connectivity index (χ2n) is 3.03. The van der Waals surface area contributed by atoms with Crippen LogP contribution in [-0.2, 0) is 0 Å². The van der Waals surface area contributed by atoms with E-state index in [9.17, 15) is 0 Å². The van der Waals surface area contributed by atoms with E-state index in [1.807, 2.05) is 0 Å². The van der Waals surface area contributed by atoms with Gasteiger partial charge < -0.3 is 0 Å². The topological polar surface area (TPSA) is 0 Å². The fraction of sp³-hybridized carbons (Fsp3) is 1.00. The van der Waals surface area contributed by atoms with E-state index >= 15 is 0 Å². The lowest BCUT2D eigenvalue weighted by Gasteiger charge is -2.40. The van der Waals surface area contributed by atoms with Gasteiger partial charge in [0.2, 0.25) is 11.4 Å². The lowest BCUT2D eigenvalue weighted by Crippen LogP contribution is -2.37. The van der Waals surface area contributed by atoms with E-state index in [0.717, 1.165) is 0 Å². The zero-order valence-electron chi connectivity index (χ0n) is 7.86. The average Bonchev–Trinajstić information content (AvgIpc) is 2.13. The van der Waals surface area contributed by atoms with Gasteiger partial charge in [0, 0.05) is 0 Å². The van der Waals surface area contributed by atoms with E-state index in [0.29, 0.717) is 0 Å². The molecule has 0 aliphatic carbocycles. The molecule has 0 nitrogen and oxygen atoms in total. The summed E-state index contributed by atoms with van der Waals surface area (Å²) in [5.74, 6) is 0. The van der Waals surface area contributed by atoms with Crippen molar-refractivity contribution >= 4 is 140 Å². The highest BCUT2D eigenvalue weighted by Crippen LogP contribution is 2.63. The molecule has 1 aliphatic rings. The molecule has 0 aromatic carbocycles. The Labute approximate surface area is 163 Å². The standard InChI is InChI=1S/C6H3Cl9S3/c7-4(8,9)1-16-2(5(10,11)12)18-3(17-1)6(13,14)15/h1-3H. The first kappa shape index (κ1) is 19.7. The van der Waals surface area contributed by atoms with Gasteiger partial charge in [-0.2, -0.15) is 0 Å². The van der Waals surface area contributed by atoms with E-state index in [2.05, 4.69) is 0 Å². The second kappa shape index (κ2) is 7.05. The van der Waals surface area contributed by atoms with Crippen LogP contribution in [0.3, 0.4) is 0 Å². The molecule has 1 heterocycles. The summed E-state index contributed by atoms with van der Waals surface area (Å²) in [4.78, 5) is 0. The van der Waals surface area contributed by atoms with Crippen molar-refractivity contribution in [2.45, 2.75) is 25.1 Å². The third-order valence-corrected chi connectivity index (χ3v) is 11.4. The van der Waals surface area contributed by atoms with Crippen LogP contribution in [0.15, 0.2) is 0 Å². The molecule has 0 saturated carbocycles. The predicted octanol–water partition coefficient (Wildman–Crippen LogP) is 7.29. The molecule has 0 aromatic heterocycles. The van der Waals surface area contributed by atoms with Crippen molar-refractivity contribution in [3.63, 3.8) is 0 Å². The van der Waals surface area contributed by atoms with Crippen molar-refractivity contribution in [2.75, 3.05) is 0 Å². The van der Waals surface area contributed by atoms with Gasteiger partial charge in [0.25, 0.3) is 0 Å². The minimum atomic E-state index is -1.56. The molecule has 0 bridgehead atoms. The van der Waals surface area contributed by atoms with Crippen LogP contribution in [0.2, 0.25) is 0 Å². The smallest absolute Gasteiger partial charge is 0.124 e. The molecule has 0 N–H and O–H groups in total. The molecule has 108 valence electrons. The van der Waals surface area contributed by atoms with Gasteiger partial charge in [-0.3, -0.25) is 0 Å². The average molecular weight is 490 g/mol. The van der Waals surface area contributed by atoms with Crippen LogP contribution >= 0.6 is 140 Å². The molecular weight excluding hydrogens is 487 g/mol. The summed E-state index contributed by atoms with van der Waals surface area (Å²) >= 11 is 56.4. The molecule has 0 unspecified atom stereocenters. The van der Waals surface area contributed by atoms with Gasteiger partial charge in [-0.05, 0) is 0 Å². The van der Waals surface area contributed by atoms with Crippen LogP contribution in [-0.4, -0.2) is 25.1 Å². The van der Waals surface area contributed by atoms with E-state index in [1.54, 1.807) is 0 Å². The summed E-state index contributed by atoms with van der Waals surface area (Å²) < 4.78 is -6.20. The number of alkyl halides is 9. The number of thioether (sulfide) groups is 3. The maximum Gasteiger partial charge on any atom is 0.211 e. The maximum absolute atomic E-state index is 5.86. The predicted molar refractivity (Wildman–Crippen MR) is 95.0 cm³/mol. The Morgan fingerprint density at radius 1 is 0.444 bits per heavy atom. The monoisotopic (exact) mass is 486 g/mol. The number of hydrogen-bond acceptors (Lipinski definition) is 3. The molecule has 18 heavy (non-hydrogen) atoms. The molecular formula is C6H3Cl9S3. The second-order valence-corrected chi connectivity index (χ2v) is 14.7. The molecule has 0 aromatic rings. The Bertz CT molecular complexity index is 239. The molecule has 0 amide bonds. The highest BCUT2D eigenvalue weighted by Gasteiger charge is 2.52. The lowest BCUT2D eigenvalue weighted by atomic mass is 10.9. The van der Waals surface area contributed by atoms with Crippen molar-refractivity contribution in [2.24, 2.45) is 0 Å². The molecule has 1 rings (SSSR count). The summed E-state index contributed by atoms with van der Waals surface area (Å²) in [5, 5.41) is 0. The first-order valence-electron chi connectivity index (χ1n) is 3.98. The Morgan fingerprint density at radius 3 is 0.722 bits per heavy atom. The van der Waals surface area contributed by atoms with Crippen molar-refractivity contribution < 1.29 is 0 Å². The molecule has 0 radical (unpaired) electrons. The zero-order chi connectivity index (χ0) is 14.4. The van der Waals surface area contributed by atoms with Crippen LogP contribution < -0.4 is 0 Å². The fourth-order valence-electron chi connectivity index (χ4n) is 0.896. The van der Waals surface area contributed by atoms with E-state index < -0.39 is 25.1 Å². The minimum absolute atomic E-state index is 0.509. The van der Waals surface area contributed by atoms with Gasteiger partial charge >= 0.3 is 0 Å². The third-order valence-electron chi connectivity index (χ3n) is 1.54. The van der Waals surface area contributed by atoms with Gasteiger partial charge in [0.05, 0.1) is 13.7 Å². The van der Waals surface area contributed by atoms with Crippen molar-refractivity contribution in [1.29, 1.82) is 0 Å². The minimum Gasteiger partial charge on any atom is -0.124 e. The van der Waals surface area contributed by atoms with Crippen LogP contribution in [0.4, 0.5) is 0 Å². The molecule has 0 spiro atoms. The lowest BCUT2D eigenvalue weighted by molar-refractivity contribution is 1.11. The summed E-state index contributed by atoms with van der Waals surface area (Å²) in [6, 6.07) is 0.